The molecule has 1 heteroatoms. The van der Waals surface area contributed by atoms with Crippen LogP contribution in [-0.2, 0) is 0 Å². The Hall–Kier alpha value is -2.17. The quantitative estimate of drug-likeness (QED) is 0.610. The van der Waals surface area contributed by atoms with Gasteiger partial charge in [0.2, 0.25) is 0 Å². The van der Waals surface area contributed by atoms with Crippen LogP contribution in [0.25, 0.3) is 0 Å². The minimum absolute atomic E-state index is 1.15. The molecule has 0 N–H and O–H groups in total. The molecule has 0 aromatic heterocycles. The minimum atomic E-state index is -2.20. The van der Waals surface area contributed by atoms with E-state index in [0.29, 0.717) is 0 Å². The van der Waals surface area contributed by atoms with Crippen molar-refractivity contribution in [2.75, 3.05) is 0 Å². The molecule has 0 fully saturated rings. The Bertz CT molecular complexity index is 765. The molecule has 126 valence electrons. The van der Waals surface area contributed by atoms with Gasteiger partial charge < -0.3 is 0 Å². The normalized spacial score (nSPS) is 17.8. The van der Waals surface area contributed by atoms with Crippen LogP contribution in [0.4, 0.5) is 0 Å². The molecule has 2 aromatic carbocycles. The second kappa shape index (κ2) is 7.38. The Morgan fingerprint density at radius 3 is 1.32 bits per heavy atom. The fraction of sp³-hybridized carbons (Fsp3) is 0.167. The SMILES string of the molecule is C1=CC([PH](C2=CCCC=C2)(c2ccccc2)c2ccccc2)=CCC1. The Morgan fingerprint density at radius 2 is 0.960 bits per heavy atom. The first-order valence-electron chi connectivity index (χ1n) is 9.28. The molecule has 0 radical (unpaired) electrons. The average molecular weight is 344 g/mol. The summed E-state index contributed by atoms with van der Waals surface area (Å²) in [6.45, 7) is 0. The molecule has 2 aliphatic rings. The predicted molar refractivity (Wildman–Crippen MR) is 113 cm³/mol. The van der Waals surface area contributed by atoms with Gasteiger partial charge >= 0.3 is 151 Å². The third-order valence-electron chi connectivity index (χ3n) is 5.27. The summed E-state index contributed by atoms with van der Waals surface area (Å²) >= 11 is 0. The third-order valence-corrected chi connectivity index (χ3v) is 10.1. The van der Waals surface area contributed by atoms with Crippen molar-refractivity contribution in [3.05, 3.63) is 108 Å². The molecule has 0 atom stereocenters. The van der Waals surface area contributed by atoms with Crippen molar-refractivity contribution in [3.8, 4) is 0 Å². The summed E-state index contributed by atoms with van der Waals surface area (Å²) in [5.41, 5.74) is 0. The molecular formula is C24H25P. The number of hydrogen-bond donors (Lipinski definition) is 0. The van der Waals surface area contributed by atoms with Crippen molar-refractivity contribution < 1.29 is 0 Å². The summed E-state index contributed by atoms with van der Waals surface area (Å²) in [6.07, 6.45) is 19.1. The van der Waals surface area contributed by atoms with Crippen LogP contribution in [-0.4, -0.2) is 0 Å². The molecule has 0 unspecified atom stereocenters. The van der Waals surface area contributed by atoms with E-state index in [2.05, 4.69) is 97.1 Å². The van der Waals surface area contributed by atoms with E-state index < -0.39 is 7.26 Å². The Balaban J connectivity index is 2.04. The first-order chi connectivity index (χ1) is 12.4. The van der Waals surface area contributed by atoms with Gasteiger partial charge in [-0.2, -0.15) is 0 Å². The molecule has 0 aliphatic heterocycles. The van der Waals surface area contributed by atoms with Gasteiger partial charge in [-0.1, -0.05) is 0 Å². The molecule has 4 rings (SSSR count). The van der Waals surface area contributed by atoms with Crippen LogP contribution in [0, 0.1) is 0 Å². The fourth-order valence-corrected chi connectivity index (χ4v) is 9.18. The summed E-state index contributed by atoms with van der Waals surface area (Å²) in [5.74, 6) is 0. The molecule has 0 saturated heterocycles. The predicted octanol–water partition coefficient (Wildman–Crippen LogP) is 5.86. The van der Waals surface area contributed by atoms with E-state index in [9.17, 15) is 0 Å². The van der Waals surface area contributed by atoms with Crippen molar-refractivity contribution in [2.45, 2.75) is 25.7 Å². The second-order valence-electron chi connectivity index (χ2n) is 6.76. The molecule has 2 aliphatic carbocycles. The molecule has 0 spiro atoms. The zero-order valence-electron chi connectivity index (χ0n) is 14.6. The van der Waals surface area contributed by atoms with E-state index in [4.69, 9.17) is 0 Å². The molecule has 0 bridgehead atoms. The molecular weight excluding hydrogens is 319 g/mol. The van der Waals surface area contributed by atoms with Gasteiger partial charge in [0.05, 0.1) is 0 Å². The standard InChI is InChI=1S/C24H25P/c1-5-13-21(14-6-1)25(22-15-7-2-8-16-22,23-17-9-3-10-18-23)24-19-11-4-12-20-24/h1-2,5-9,11,13-20,25H,3-4,10,12H2. The third kappa shape index (κ3) is 2.96. The zero-order chi connectivity index (χ0) is 17.0. The van der Waals surface area contributed by atoms with Gasteiger partial charge in [-0.25, -0.2) is 0 Å². The van der Waals surface area contributed by atoms with Crippen LogP contribution < -0.4 is 10.6 Å². The number of benzene rings is 2. The Morgan fingerprint density at radius 1 is 0.520 bits per heavy atom. The van der Waals surface area contributed by atoms with Gasteiger partial charge in [0.15, 0.2) is 0 Å². The molecule has 0 amide bonds. The number of rotatable bonds is 4. The van der Waals surface area contributed by atoms with Gasteiger partial charge in [-0.3, -0.25) is 0 Å². The molecule has 2 aromatic rings. The summed E-state index contributed by atoms with van der Waals surface area (Å²) in [6, 6.07) is 22.4. The maximum atomic E-state index is 2.50. The maximum absolute atomic E-state index is 2.50. The van der Waals surface area contributed by atoms with Gasteiger partial charge in [0, 0.05) is 0 Å². The van der Waals surface area contributed by atoms with E-state index in [0.717, 1.165) is 25.7 Å². The summed E-state index contributed by atoms with van der Waals surface area (Å²) in [5, 5.41) is 6.04. The number of allylic oxidation sites excluding steroid dienone is 8. The van der Waals surface area contributed by atoms with Crippen molar-refractivity contribution in [1.29, 1.82) is 0 Å². The molecule has 0 heterocycles. The van der Waals surface area contributed by atoms with Gasteiger partial charge in [0.25, 0.3) is 0 Å². The second-order valence-corrected chi connectivity index (χ2v) is 10.6. The molecule has 0 nitrogen and oxygen atoms in total. The summed E-state index contributed by atoms with van der Waals surface area (Å²) in [7, 11) is -2.20. The number of hydrogen-bond acceptors (Lipinski definition) is 0. The van der Waals surface area contributed by atoms with Gasteiger partial charge in [-0.15, -0.1) is 0 Å². The van der Waals surface area contributed by atoms with Crippen molar-refractivity contribution in [2.24, 2.45) is 0 Å². The van der Waals surface area contributed by atoms with Crippen LogP contribution in [0.15, 0.2) is 108 Å². The Labute approximate surface area is 151 Å². The van der Waals surface area contributed by atoms with Crippen molar-refractivity contribution >= 4 is 17.9 Å². The summed E-state index contributed by atoms with van der Waals surface area (Å²) in [4.78, 5) is 0. The average Bonchev–Trinajstić information content (AvgIpc) is 2.72. The zero-order valence-corrected chi connectivity index (χ0v) is 15.6. The van der Waals surface area contributed by atoms with Crippen LogP contribution in [0.1, 0.15) is 25.7 Å². The van der Waals surface area contributed by atoms with Gasteiger partial charge in [0.1, 0.15) is 0 Å². The first kappa shape index (κ1) is 16.3. The van der Waals surface area contributed by atoms with Crippen LogP contribution >= 0.6 is 7.26 Å². The van der Waals surface area contributed by atoms with Crippen LogP contribution in [0.3, 0.4) is 0 Å². The monoisotopic (exact) mass is 344 g/mol. The van der Waals surface area contributed by atoms with E-state index in [-0.39, 0.29) is 0 Å². The van der Waals surface area contributed by atoms with E-state index >= 15 is 0 Å². The fourth-order valence-electron chi connectivity index (χ4n) is 4.16. The van der Waals surface area contributed by atoms with E-state index in [1.54, 1.807) is 0 Å². The van der Waals surface area contributed by atoms with Crippen LogP contribution in [0.5, 0.6) is 0 Å². The topological polar surface area (TPSA) is 0 Å². The van der Waals surface area contributed by atoms with E-state index in [1.165, 1.54) is 21.2 Å². The molecule has 25 heavy (non-hydrogen) atoms. The summed E-state index contributed by atoms with van der Waals surface area (Å²) < 4.78 is 0. The molecule has 0 saturated carbocycles. The van der Waals surface area contributed by atoms with Crippen molar-refractivity contribution in [3.63, 3.8) is 0 Å². The van der Waals surface area contributed by atoms with Crippen molar-refractivity contribution in [1.82, 2.24) is 0 Å². The first-order valence-corrected chi connectivity index (χ1v) is 11.3. The Kier molecular flexibility index (Phi) is 4.81. The van der Waals surface area contributed by atoms with E-state index in [1.807, 2.05) is 0 Å². The van der Waals surface area contributed by atoms with Crippen LogP contribution in [0.2, 0.25) is 0 Å². The van der Waals surface area contributed by atoms with Gasteiger partial charge in [-0.05, 0) is 0 Å².